The number of halogens is 1. The SMILES string of the molecule is O=S(=O)(c1ccccc1F)N1CCN(Cc2ccc(-c3ccccc3)cc2)CC1. The second kappa shape index (κ2) is 8.45. The van der Waals surface area contributed by atoms with Crippen molar-refractivity contribution in [3.05, 3.63) is 90.2 Å². The maximum Gasteiger partial charge on any atom is 0.246 e. The summed E-state index contributed by atoms with van der Waals surface area (Å²) >= 11 is 0. The number of hydrogen-bond donors (Lipinski definition) is 0. The Hall–Kier alpha value is -2.54. The van der Waals surface area contributed by atoms with Crippen molar-refractivity contribution in [1.82, 2.24) is 9.21 Å². The van der Waals surface area contributed by atoms with E-state index < -0.39 is 15.8 Å². The Morgan fingerprint density at radius 1 is 0.724 bits per heavy atom. The van der Waals surface area contributed by atoms with E-state index in [0.717, 1.165) is 6.54 Å². The summed E-state index contributed by atoms with van der Waals surface area (Å²) in [5, 5.41) is 0. The lowest BCUT2D eigenvalue weighted by Gasteiger charge is -2.34. The molecule has 0 amide bonds. The van der Waals surface area contributed by atoms with Crippen molar-refractivity contribution in [2.45, 2.75) is 11.4 Å². The van der Waals surface area contributed by atoms with E-state index in [9.17, 15) is 12.8 Å². The van der Waals surface area contributed by atoms with Crippen LogP contribution in [0.1, 0.15) is 5.56 Å². The normalized spacial score (nSPS) is 16.0. The second-order valence-corrected chi connectivity index (χ2v) is 9.08. The van der Waals surface area contributed by atoms with Crippen molar-refractivity contribution in [2.24, 2.45) is 0 Å². The molecule has 0 atom stereocenters. The Morgan fingerprint density at radius 3 is 1.97 bits per heavy atom. The number of benzene rings is 3. The van der Waals surface area contributed by atoms with Crippen molar-refractivity contribution in [3.8, 4) is 11.1 Å². The molecule has 150 valence electrons. The molecule has 4 nitrogen and oxygen atoms in total. The van der Waals surface area contributed by atoms with E-state index in [1.54, 1.807) is 6.07 Å². The molecular weight excluding hydrogens is 387 g/mol. The van der Waals surface area contributed by atoms with E-state index in [2.05, 4.69) is 41.3 Å². The molecule has 6 heteroatoms. The van der Waals surface area contributed by atoms with Crippen LogP contribution in [0.25, 0.3) is 11.1 Å². The minimum Gasteiger partial charge on any atom is -0.296 e. The van der Waals surface area contributed by atoms with E-state index in [-0.39, 0.29) is 4.90 Å². The zero-order valence-electron chi connectivity index (χ0n) is 16.0. The lowest BCUT2D eigenvalue weighted by molar-refractivity contribution is 0.181. The van der Waals surface area contributed by atoms with Crippen LogP contribution in [0.4, 0.5) is 4.39 Å². The van der Waals surface area contributed by atoms with Gasteiger partial charge in [-0.05, 0) is 28.8 Å². The third-order valence-corrected chi connectivity index (χ3v) is 7.18. The highest BCUT2D eigenvalue weighted by Gasteiger charge is 2.30. The molecule has 0 bridgehead atoms. The molecule has 0 spiro atoms. The minimum atomic E-state index is -3.79. The molecule has 0 radical (unpaired) electrons. The standard InChI is InChI=1S/C23H23FN2O2S/c24-22-8-4-5-9-23(22)29(27,28)26-16-14-25(15-17-26)18-19-10-12-21(13-11-19)20-6-2-1-3-7-20/h1-13H,14-18H2. The lowest BCUT2D eigenvalue weighted by Crippen LogP contribution is -2.48. The molecule has 0 aromatic heterocycles. The quantitative estimate of drug-likeness (QED) is 0.638. The molecule has 4 rings (SSSR count). The number of piperazine rings is 1. The number of hydrogen-bond acceptors (Lipinski definition) is 3. The maximum atomic E-state index is 13.9. The molecule has 0 saturated carbocycles. The molecule has 1 fully saturated rings. The third kappa shape index (κ3) is 4.40. The van der Waals surface area contributed by atoms with Gasteiger partial charge in [0.05, 0.1) is 0 Å². The van der Waals surface area contributed by atoms with Crippen LogP contribution in [0.2, 0.25) is 0 Å². The largest absolute Gasteiger partial charge is 0.296 e. The second-order valence-electron chi connectivity index (χ2n) is 7.17. The highest BCUT2D eigenvalue weighted by atomic mass is 32.2. The molecule has 1 heterocycles. The third-order valence-electron chi connectivity index (χ3n) is 5.25. The zero-order chi connectivity index (χ0) is 20.3. The van der Waals surface area contributed by atoms with Crippen LogP contribution in [0.15, 0.2) is 83.8 Å². The first-order valence-electron chi connectivity index (χ1n) is 9.65. The Bertz CT molecular complexity index is 1060. The van der Waals surface area contributed by atoms with Crippen LogP contribution < -0.4 is 0 Å². The summed E-state index contributed by atoms with van der Waals surface area (Å²) in [4.78, 5) is 1.98. The zero-order valence-corrected chi connectivity index (χ0v) is 16.9. The van der Waals surface area contributed by atoms with Crippen LogP contribution >= 0.6 is 0 Å². The predicted molar refractivity (Wildman–Crippen MR) is 112 cm³/mol. The van der Waals surface area contributed by atoms with Crippen LogP contribution in [-0.4, -0.2) is 43.8 Å². The number of sulfonamides is 1. The summed E-state index contributed by atoms with van der Waals surface area (Å²) in [6, 6.07) is 24.2. The van der Waals surface area contributed by atoms with Crippen molar-refractivity contribution >= 4 is 10.0 Å². The van der Waals surface area contributed by atoms with Crippen LogP contribution in [-0.2, 0) is 16.6 Å². The summed E-state index contributed by atoms with van der Waals surface area (Å²) in [6.45, 7) is 2.72. The van der Waals surface area contributed by atoms with E-state index in [1.807, 2.05) is 18.2 Å². The molecule has 29 heavy (non-hydrogen) atoms. The molecule has 3 aromatic rings. The van der Waals surface area contributed by atoms with Crippen LogP contribution in [0.3, 0.4) is 0 Å². The van der Waals surface area contributed by atoms with Gasteiger partial charge in [0.15, 0.2) is 0 Å². The highest BCUT2D eigenvalue weighted by molar-refractivity contribution is 7.89. The Kier molecular flexibility index (Phi) is 5.76. The number of nitrogens with zero attached hydrogens (tertiary/aromatic N) is 2. The maximum absolute atomic E-state index is 13.9. The van der Waals surface area contributed by atoms with Gasteiger partial charge in [0.2, 0.25) is 10.0 Å². The molecule has 0 aliphatic carbocycles. The van der Waals surface area contributed by atoms with Crippen molar-refractivity contribution < 1.29 is 12.8 Å². The summed E-state index contributed by atoms with van der Waals surface area (Å²) in [5.41, 5.74) is 3.55. The summed E-state index contributed by atoms with van der Waals surface area (Å²) in [7, 11) is -3.79. The van der Waals surface area contributed by atoms with Gasteiger partial charge in [-0.3, -0.25) is 4.90 Å². The van der Waals surface area contributed by atoms with Crippen LogP contribution in [0, 0.1) is 5.82 Å². The molecule has 1 aliphatic heterocycles. The first-order valence-corrected chi connectivity index (χ1v) is 11.1. The summed E-state index contributed by atoms with van der Waals surface area (Å²) in [6.07, 6.45) is 0. The van der Waals surface area contributed by atoms with Gasteiger partial charge in [0.1, 0.15) is 10.7 Å². The van der Waals surface area contributed by atoms with Crippen molar-refractivity contribution in [3.63, 3.8) is 0 Å². The first kappa shape index (κ1) is 19.8. The van der Waals surface area contributed by atoms with E-state index in [4.69, 9.17) is 0 Å². The topological polar surface area (TPSA) is 40.6 Å². The van der Waals surface area contributed by atoms with Gasteiger partial charge in [0, 0.05) is 32.7 Å². The molecule has 1 saturated heterocycles. The van der Waals surface area contributed by atoms with E-state index in [1.165, 1.54) is 39.2 Å². The van der Waals surface area contributed by atoms with E-state index in [0.29, 0.717) is 26.2 Å². The summed E-state index contributed by atoms with van der Waals surface area (Å²) in [5.74, 6) is -0.701. The first-order chi connectivity index (χ1) is 14.0. The average Bonchev–Trinajstić information content (AvgIpc) is 2.75. The molecule has 0 N–H and O–H groups in total. The lowest BCUT2D eigenvalue weighted by atomic mass is 10.0. The van der Waals surface area contributed by atoms with Gasteiger partial charge in [-0.25, -0.2) is 12.8 Å². The smallest absolute Gasteiger partial charge is 0.246 e. The fourth-order valence-corrected chi connectivity index (χ4v) is 5.10. The molecule has 3 aromatic carbocycles. The fourth-order valence-electron chi connectivity index (χ4n) is 3.61. The van der Waals surface area contributed by atoms with Gasteiger partial charge in [0.25, 0.3) is 0 Å². The monoisotopic (exact) mass is 410 g/mol. The Labute approximate surface area is 171 Å². The van der Waals surface area contributed by atoms with Crippen molar-refractivity contribution in [1.29, 1.82) is 0 Å². The fraction of sp³-hybridized carbons (Fsp3) is 0.217. The van der Waals surface area contributed by atoms with Gasteiger partial charge in [-0.2, -0.15) is 4.31 Å². The van der Waals surface area contributed by atoms with Crippen LogP contribution in [0.5, 0.6) is 0 Å². The Balaban J connectivity index is 1.37. The number of rotatable bonds is 5. The van der Waals surface area contributed by atoms with Crippen molar-refractivity contribution in [2.75, 3.05) is 26.2 Å². The predicted octanol–water partition coefficient (Wildman–Crippen LogP) is 4.00. The van der Waals surface area contributed by atoms with Gasteiger partial charge >= 0.3 is 0 Å². The molecular formula is C23H23FN2O2S. The Morgan fingerprint density at radius 2 is 1.31 bits per heavy atom. The summed E-state index contributed by atoms with van der Waals surface area (Å²) < 4.78 is 40.7. The minimum absolute atomic E-state index is 0.245. The molecule has 0 unspecified atom stereocenters. The van der Waals surface area contributed by atoms with Gasteiger partial charge in [-0.15, -0.1) is 0 Å². The average molecular weight is 411 g/mol. The van der Waals surface area contributed by atoms with Gasteiger partial charge in [-0.1, -0.05) is 66.7 Å². The van der Waals surface area contributed by atoms with Gasteiger partial charge < -0.3 is 0 Å². The molecule has 1 aliphatic rings. The van der Waals surface area contributed by atoms with E-state index >= 15 is 0 Å². The highest BCUT2D eigenvalue weighted by Crippen LogP contribution is 2.22.